The standard InChI is InChI=1S/C21H19BrN2O5/c1-12-5-4-6-17(13(12)2)24-21(27)15(10-23)7-14-8-18(28-3)19(9-16(14)22)29-11-20(25)26/h4-9H,11H2,1-3H3,(H,24,27)(H,25,26)/b15-7+. The number of carboxylic acid groups (broad SMARTS) is 1. The fourth-order valence-corrected chi connectivity index (χ4v) is 2.89. The third-order valence-electron chi connectivity index (χ3n) is 4.15. The Balaban J connectivity index is 2.34. The zero-order valence-electron chi connectivity index (χ0n) is 16.1. The first-order chi connectivity index (χ1) is 13.8. The van der Waals surface area contributed by atoms with Crippen LogP contribution in [0.3, 0.4) is 0 Å². The summed E-state index contributed by atoms with van der Waals surface area (Å²) in [6.45, 7) is 3.29. The highest BCUT2D eigenvalue weighted by molar-refractivity contribution is 9.10. The van der Waals surface area contributed by atoms with Gasteiger partial charge in [-0.15, -0.1) is 0 Å². The number of carbonyl (C=O) groups is 2. The second-order valence-corrected chi connectivity index (χ2v) is 6.93. The van der Waals surface area contributed by atoms with Gasteiger partial charge in [0.25, 0.3) is 5.91 Å². The van der Waals surface area contributed by atoms with E-state index in [0.717, 1.165) is 11.1 Å². The zero-order chi connectivity index (χ0) is 21.6. The quantitative estimate of drug-likeness (QED) is 0.477. The first-order valence-electron chi connectivity index (χ1n) is 8.48. The van der Waals surface area contributed by atoms with E-state index in [1.807, 2.05) is 32.0 Å². The number of rotatable bonds is 7. The predicted octanol–water partition coefficient (Wildman–Crippen LogP) is 4.08. The molecule has 29 heavy (non-hydrogen) atoms. The molecule has 0 heterocycles. The maximum absolute atomic E-state index is 12.6. The van der Waals surface area contributed by atoms with Crippen LogP contribution in [0.5, 0.6) is 11.5 Å². The maximum Gasteiger partial charge on any atom is 0.341 e. The van der Waals surface area contributed by atoms with E-state index >= 15 is 0 Å². The van der Waals surface area contributed by atoms with Crippen LogP contribution in [0.1, 0.15) is 16.7 Å². The van der Waals surface area contributed by atoms with Gasteiger partial charge in [-0.1, -0.05) is 28.1 Å². The van der Waals surface area contributed by atoms with E-state index in [4.69, 9.17) is 14.6 Å². The lowest BCUT2D eigenvalue weighted by Crippen LogP contribution is -2.14. The van der Waals surface area contributed by atoms with Gasteiger partial charge in [-0.3, -0.25) is 4.79 Å². The fraction of sp³-hybridized carbons (Fsp3) is 0.190. The summed E-state index contributed by atoms with van der Waals surface area (Å²) in [5, 5.41) is 21.0. The van der Waals surface area contributed by atoms with E-state index in [1.54, 1.807) is 12.1 Å². The highest BCUT2D eigenvalue weighted by atomic mass is 79.9. The summed E-state index contributed by atoms with van der Waals surface area (Å²) in [6, 6.07) is 10.5. The monoisotopic (exact) mass is 458 g/mol. The van der Waals surface area contributed by atoms with Gasteiger partial charge in [-0.2, -0.15) is 5.26 Å². The lowest BCUT2D eigenvalue weighted by atomic mass is 10.1. The summed E-state index contributed by atoms with van der Waals surface area (Å²) >= 11 is 3.34. The number of nitriles is 1. The Morgan fingerprint density at radius 2 is 2.00 bits per heavy atom. The first-order valence-corrected chi connectivity index (χ1v) is 9.27. The number of benzene rings is 2. The fourth-order valence-electron chi connectivity index (χ4n) is 2.45. The molecule has 8 heteroatoms. The Labute approximate surface area is 176 Å². The van der Waals surface area contributed by atoms with E-state index in [-0.39, 0.29) is 17.1 Å². The minimum absolute atomic E-state index is 0.104. The molecule has 0 aliphatic carbocycles. The smallest absolute Gasteiger partial charge is 0.341 e. The van der Waals surface area contributed by atoms with E-state index in [1.165, 1.54) is 19.3 Å². The van der Waals surface area contributed by atoms with Gasteiger partial charge >= 0.3 is 5.97 Å². The number of methoxy groups -OCH3 is 1. The van der Waals surface area contributed by atoms with Crippen LogP contribution >= 0.6 is 15.9 Å². The number of ether oxygens (including phenoxy) is 2. The lowest BCUT2D eigenvalue weighted by Gasteiger charge is -2.12. The number of halogens is 1. The number of anilines is 1. The molecule has 0 aliphatic heterocycles. The second-order valence-electron chi connectivity index (χ2n) is 6.08. The number of hydrogen-bond donors (Lipinski definition) is 2. The number of aliphatic carboxylic acids is 1. The SMILES string of the molecule is COc1cc(/C=C(\C#N)C(=O)Nc2cccc(C)c2C)c(Br)cc1OCC(=O)O. The van der Waals surface area contributed by atoms with Crippen molar-refractivity contribution in [3.05, 3.63) is 57.1 Å². The molecule has 0 fully saturated rings. The van der Waals surface area contributed by atoms with Crippen molar-refractivity contribution in [3.8, 4) is 17.6 Å². The van der Waals surface area contributed by atoms with Crippen LogP contribution in [0.4, 0.5) is 5.69 Å². The average molecular weight is 459 g/mol. The minimum Gasteiger partial charge on any atom is -0.493 e. The summed E-state index contributed by atoms with van der Waals surface area (Å²) < 4.78 is 10.9. The topological polar surface area (TPSA) is 109 Å². The van der Waals surface area contributed by atoms with Crippen LogP contribution < -0.4 is 14.8 Å². The summed E-state index contributed by atoms with van der Waals surface area (Å²) in [5.41, 5.74) is 2.96. The normalized spacial score (nSPS) is 10.8. The highest BCUT2D eigenvalue weighted by Crippen LogP contribution is 2.34. The molecule has 2 aromatic carbocycles. The van der Waals surface area contributed by atoms with Crippen LogP contribution in [-0.4, -0.2) is 30.7 Å². The van der Waals surface area contributed by atoms with Crippen molar-refractivity contribution in [2.24, 2.45) is 0 Å². The van der Waals surface area contributed by atoms with Gasteiger partial charge in [-0.25, -0.2) is 4.79 Å². The van der Waals surface area contributed by atoms with Crippen molar-refractivity contribution >= 4 is 39.6 Å². The molecule has 0 aromatic heterocycles. The Morgan fingerprint density at radius 3 is 2.62 bits per heavy atom. The van der Waals surface area contributed by atoms with Crippen LogP contribution in [0.25, 0.3) is 6.08 Å². The number of aryl methyl sites for hydroxylation is 1. The lowest BCUT2D eigenvalue weighted by molar-refractivity contribution is -0.139. The predicted molar refractivity (Wildman–Crippen MR) is 112 cm³/mol. The minimum atomic E-state index is -1.12. The van der Waals surface area contributed by atoms with Crippen molar-refractivity contribution in [2.45, 2.75) is 13.8 Å². The molecule has 7 nitrogen and oxygen atoms in total. The third-order valence-corrected chi connectivity index (χ3v) is 4.84. The molecule has 0 saturated heterocycles. The van der Waals surface area contributed by atoms with Gasteiger partial charge < -0.3 is 19.9 Å². The van der Waals surface area contributed by atoms with E-state index in [9.17, 15) is 14.9 Å². The highest BCUT2D eigenvalue weighted by Gasteiger charge is 2.15. The Kier molecular flexibility index (Phi) is 7.39. The largest absolute Gasteiger partial charge is 0.493 e. The molecule has 0 aliphatic rings. The Bertz CT molecular complexity index is 1020. The summed E-state index contributed by atoms with van der Waals surface area (Å²) in [6.07, 6.45) is 1.41. The van der Waals surface area contributed by atoms with E-state index in [0.29, 0.717) is 15.7 Å². The van der Waals surface area contributed by atoms with Crippen molar-refractivity contribution in [3.63, 3.8) is 0 Å². The Morgan fingerprint density at radius 1 is 1.28 bits per heavy atom. The van der Waals surface area contributed by atoms with Crippen molar-refractivity contribution in [1.29, 1.82) is 5.26 Å². The number of carboxylic acids is 1. The molecular formula is C21H19BrN2O5. The van der Waals surface area contributed by atoms with Crippen LogP contribution in [0.2, 0.25) is 0 Å². The van der Waals surface area contributed by atoms with Crippen LogP contribution in [-0.2, 0) is 9.59 Å². The first kappa shape index (κ1) is 22.0. The second kappa shape index (κ2) is 9.75. The molecule has 0 saturated carbocycles. The number of amides is 1. The van der Waals surface area contributed by atoms with Crippen molar-refractivity contribution in [1.82, 2.24) is 0 Å². The van der Waals surface area contributed by atoms with Gasteiger partial charge in [0.2, 0.25) is 0 Å². The summed E-state index contributed by atoms with van der Waals surface area (Å²) in [5.74, 6) is -1.18. The molecule has 150 valence electrons. The van der Waals surface area contributed by atoms with Crippen LogP contribution in [0.15, 0.2) is 40.4 Å². The van der Waals surface area contributed by atoms with E-state index in [2.05, 4.69) is 21.2 Å². The van der Waals surface area contributed by atoms with Crippen molar-refractivity contribution < 1.29 is 24.2 Å². The van der Waals surface area contributed by atoms with E-state index < -0.39 is 18.5 Å². The average Bonchev–Trinajstić information content (AvgIpc) is 2.68. The molecule has 0 bridgehead atoms. The molecule has 0 atom stereocenters. The van der Waals surface area contributed by atoms with Gasteiger partial charge in [0, 0.05) is 10.2 Å². The van der Waals surface area contributed by atoms with Gasteiger partial charge in [0.15, 0.2) is 18.1 Å². The number of hydrogen-bond acceptors (Lipinski definition) is 5. The number of nitrogens with one attached hydrogen (secondary N) is 1. The molecule has 0 radical (unpaired) electrons. The molecule has 1 amide bonds. The number of carbonyl (C=O) groups excluding carboxylic acids is 1. The van der Waals surface area contributed by atoms with Crippen molar-refractivity contribution in [2.75, 3.05) is 19.0 Å². The van der Waals surface area contributed by atoms with Crippen LogP contribution in [0, 0.1) is 25.2 Å². The molecule has 2 aromatic rings. The van der Waals surface area contributed by atoms with Gasteiger partial charge in [-0.05, 0) is 54.8 Å². The maximum atomic E-state index is 12.6. The molecule has 0 unspecified atom stereocenters. The molecule has 2 rings (SSSR count). The summed E-state index contributed by atoms with van der Waals surface area (Å²) in [7, 11) is 1.41. The van der Waals surface area contributed by atoms with Gasteiger partial charge in [0.05, 0.1) is 7.11 Å². The van der Waals surface area contributed by atoms with Gasteiger partial charge in [0.1, 0.15) is 11.6 Å². The Hall–Kier alpha value is -3.31. The molecule has 2 N–H and O–H groups in total. The summed E-state index contributed by atoms with van der Waals surface area (Å²) in [4.78, 5) is 23.3. The molecule has 0 spiro atoms. The number of nitrogens with zero attached hydrogens (tertiary/aromatic N) is 1. The zero-order valence-corrected chi connectivity index (χ0v) is 17.7. The third kappa shape index (κ3) is 5.59. The molecular weight excluding hydrogens is 440 g/mol.